The number of nitrogens with two attached hydrogens (primary N) is 2. The highest BCUT2D eigenvalue weighted by Gasteiger charge is 2.35. The van der Waals surface area contributed by atoms with Crippen molar-refractivity contribution in [3.8, 4) is 0 Å². The van der Waals surface area contributed by atoms with Gasteiger partial charge in [0, 0.05) is 73.3 Å². The van der Waals surface area contributed by atoms with Crippen molar-refractivity contribution in [2.45, 2.75) is 97.3 Å². The average Bonchev–Trinajstić information content (AvgIpc) is 4.08. The van der Waals surface area contributed by atoms with Gasteiger partial charge in [0.05, 0.1) is 40.1 Å². The highest BCUT2D eigenvalue weighted by Crippen LogP contribution is 2.42. The largest absolute Gasteiger partial charge is 0.462 e. The number of halogens is 2. The second-order valence-corrected chi connectivity index (χ2v) is 16.3. The zero-order valence-corrected chi connectivity index (χ0v) is 33.2. The predicted octanol–water partition coefficient (Wildman–Crippen LogP) is 5.21. The number of nitrogens with one attached hydrogen (secondary N) is 1. The summed E-state index contributed by atoms with van der Waals surface area (Å²) in [4.78, 5) is 54.2. The van der Waals surface area contributed by atoms with E-state index in [0.29, 0.717) is 69.9 Å². The molecular formula is C42H53F2N7O6. The summed E-state index contributed by atoms with van der Waals surface area (Å²) in [6.45, 7) is 12.2. The molecule has 4 aliphatic rings. The summed E-state index contributed by atoms with van der Waals surface area (Å²) in [5, 5.41) is 9.83. The summed E-state index contributed by atoms with van der Waals surface area (Å²) in [6.07, 6.45) is 5.38. The van der Waals surface area contributed by atoms with E-state index in [9.17, 15) is 19.2 Å². The van der Waals surface area contributed by atoms with E-state index in [-0.39, 0.29) is 64.8 Å². The van der Waals surface area contributed by atoms with E-state index in [4.69, 9.17) is 21.4 Å². The van der Waals surface area contributed by atoms with Gasteiger partial charge in [0.2, 0.25) is 0 Å². The molecule has 2 aliphatic carbocycles. The minimum absolute atomic E-state index is 0.0252. The number of rotatable bonds is 9. The molecule has 1 amide bonds. The van der Waals surface area contributed by atoms with Crippen molar-refractivity contribution in [2.75, 3.05) is 42.6 Å². The monoisotopic (exact) mass is 789 g/mol. The Hall–Kier alpha value is -4.86. The molecule has 4 heterocycles. The second kappa shape index (κ2) is 15.8. The maximum absolute atomic E-state index is 15.3. The smallest absolute Gasteiger partial charge is 0.339 e. The van der Waals surface area contributed by atoms with Crippen LogP contribution in [-0.4, -0.2) is 71.1 Å². The summed E-state index contributed by atoms with van der Waals surface area (Å²) in [6, 6.07) is 5.40. The van der Waals surface area contributed by atoms with Gasteiger partial charge in [-0.2, -0.15) is 0 Å². The van der Waals surface area contributed by atoms with E-state index in [1.807, 2.05) is 30.6 Å². The van der Waals surface area contributed by atoms with Crippen molar-refractivity contribution in [2.24, 2.45) is 23.3 Å². The number of esters is 1. The van der Waals surface area contributed by atoms with Gasteiger partial charge in [-0.15, -0.1) is 0 Å². The van der Waals surface area contributed by atoms with Crippen molar-refractivity contribution >= 4 is 45.1 Å². The van der Waals surface area contributed by atoms with Gasteiger partial charge in [-0.3, -0.25) is 19.6 Å². The molecule has 306 valence electrons. The van der Waals surface area contributed by atoms with Crippen molar-refractivity contribution < 1.29 is 28.3 Å². The molecule has 57 heavy (non-hydrogen) atoms. The number of nitrogens with zero attached hydrogens (tertiary/aromatic N) is 4. The molecule has 2 aromatic carbocycles. The van der Waals surface area contributed by atoms with Crippen molar-refractivity contribution in [1.82, 2.24) is 14.6 Å². The van der Waals surface area contributed by atoms with Crippen LogP contribution >= 0.6 is 0 Å². The molecule has 2 saturated heterocycles. The first-order valence-electron chi connectivity index (χ1n) is 20.1. The Balaban J connectivity index is 0.000000174. The fraction of sp³-hybridized carbons (Fsp3) is 0.524. The van der Waals surface area contributed by atoms with Gasteiger partial charge in [0.15, 0.2) is 0 Å². The number of benzene rings is 2. The summed E-state index contributed by atoms with van der Waals surface area (Å²) >= 11 is 0. The molecule has 0 radical (unpaired) electrons. The van der Waals surface area contributed by atoms with Crippen molar-refractivity contribution in [3.05, 3.63) is 78.9 Å². The number of pyridine rings is 2. The van der Waals surface area contributed by atoms with Crippen LogP contribution in [-0.2, 0) is 4.74 Å². The lowest BCUT2D eigenvalue weighted by atomic mass is 10.0. The third-order valence-corrected chi connectivity index (χ3v) is 12.2. The summed E-state index contributed by atoms with van der Waals surface area (Å²) in [5.74, 6) is -1.65. The van der Waals surface area contributed by atoms with Crippen LogP contribution in [0.15, 0.2) is 33.9 Å². The number of carbonyl (C=O) groups excluding carboxylic acids is 2. The van der Waals surface area contributed by atoms with E-state index < -0.39 is 17.7 Å². The second-order valence-electron chi connectivity index (χ2n) is 16.3. The minimum atomic E-state index is -0.824. The van der Waals surface area contributed by atoms with Crippen LogP contribution in [0.1, 0.15) is 103 Å². The molecule has 8 rings (SSSR count). The number of amides is 1. The molecule has 4 aromatic rings. The zero-order valence-electron chi connectivity index (χ0n) is 33.2. The minimum Gasteiger partial charge on any atom is -0.462 e. The third-order valence-electron chi connectivity index (χ3n) is 12.2. The van der Waals surface area contributed by atoms with E-state index in [0.717, 1.165) is 45.1 Å². The van der Waals surface area contributed by atoms with Crippen LogP contribution in [0.4, 0.5) is 20.2 Å². The van der Waals surface area contributed by atoms with Crippen molar-refractivity contribution in [3.63, 3.8) is 0 Å². The van der Waals surface area contributed by atoms with Crippen LogP contribution in [0, 0.1) is 37.3 Å². The van der Waals surface area contributed by atoms with Crippen LogP contribution in [0.25, 0.3) is 21.8 Å². The predicted molar refractivity (Wildman–Crippen MR) is 215 cm³/mol. The lowest BCUT2D eigenvalue weighted by Gasteiger charge is -2.25. The Morgan fingerprint density at radius 3 is 1.56 bits per heavy atom. The van der Waals surface area contributed by atoms with Gasteiger partial charge in [0.1, 0.15) is 11.6 Å². The fourth-order valence-corrected chi connectivity index (χ4v) is 8.94. The van der Waals surface area contributed by atoms with Crippen LogP contribution in [0.5, 0.6) is 0 Å². The van der Waals surface area contributed by atoms with Gasteiger partial charge in [0.25, 0.3) is 17.0 Å². The molecule has 0 bridgehead atoms. The Labute approximate surface area is 329 Å². The molecule has 2 saturated carbocycles. The lowest BCUT2D eigenvalue weighted by molar-refractivity contribution is 0.0528. The Morgan fingerprint density at radius 2 is 1.19 bits per heavy atom. The molecule has 2 aliphatic heterocycles. The van der Waals surface area contributed by atoms with Gasteiger partial charge in [-0.1, -0.05) is 0 Å². The molecule has 2 aromatic heterocycles. The zero-order chi connectivity index (χ0) is 41.0. The lowest BCUT2D eigenvalue weighted by Crippen LogP contribution is -2.31. The Kier molecular flexibility index (Phi) is 11.2. The van der Waals surface area contributed by atoms with Gasteiger partial charge >= 0.3 is 5.97 Å². The first kappa shape index (κ1) is 40.3. The van der Waals surface area contributed by atoms with Gasteiger partial charge in [-0.25, -0.2) is 19.1 Å². The summed E-state index contributed by atoms with van der Waals surface area (Å²) in [7, 11) is 0. The molecule has 4 atom stereocenters. The van der Waals surface area contributed by atoms with E-state index >= 15 is 8.78 Å². The standard InChI is InChI=1S/C22H28FN3O3.C20H25FN4O3/c1-4-29-22(28)17-10-19(27)26(15-5-6-15)20-12(2)21(18(23)9-16(17)20)25-8-7-14(11-25)13(3)24;1-10-18-14(7-16(21)19(10)24-6-5-12(9-24)11(2)22)15(20(27)23-28)8-17(26)25(18)13-3-4-13/h9-10,13-15H,4-8,11,24H2,1-3H3;7-8,11-13,28H,3-6,9,22H2,1-2H3,(H,23,27)/t13-,14+;11-,12+/m00/s1. The Morgan fingerprint density at radius 1 is 0.772 bits per heavy atom. The average molecular weight is 790 g/mol. The van der Waals surface area contributed by atoms with E-state index in [1.54, 1.807) is 28.5 Å². The van der Waals surface area contributed by atoms with Gasteiger partial charge < -0.3 is 35.1 Å². The maximum Gasteiger partial charge on any atom is 0.339 e. The van der Waals surface area contributed by atoms with Gasteiger partial charge in [-0.05, 0) is 108 Å². The molecule has 4 fully saturated rings. The number of fused-ring (bicyclic) bond motifs is 2. The highest BCUT2D eigenvalue weighted by atomic mass is 19.1. The number of aryl methyl sites for hydroxylation is 2. The number of anilines is 2. The molecule has 6 N–H and O–H groups in total. The number of hydrogen-bond acceptors (Lipinski definition) is 10. The Bertz CT molecular complexity index is 2370. The number of ether oxygens (including phenoxy) is 1. The van der Waals surface area contributed by atoms with E-state index in [2.05, 4.69) is 0 Å². The fourth-order valence-electron chi connectivity index (χ4n) is 8.94. The van der Waals surface area contributed by atoms with Crippen LogP contribution in [0.3, 0.4) is 0 Å². The molecule has 15 heteroatoms. The summed E-state index contributed by atoms with van der Waals surface area (Å²) in [5.41, 5.74) is 16.7. The maximum atomic E-state index is 15.3. The van der Waals surface area contributed by atoms with Crippen LogP contribution in [0.2, 0.25) is 0 Å². The van der Waals surface area contributed by atoms with Crippen molar-refractivity contribution in [1.29, 1.82) is 0 Å². The quantitative estimate of drug-likeness (QED) is 0.100. The number of aromatic nitrogens is 2. The normalized spacial score (nSPS) is 20.5. The molecule has 0 unspecified atom stereocenters. The summed E-state index contributed by atoms with van der Waals surface area (Å²) < 4.78 is 39.1. The van der Waals surface area contributed by atoms with Crippen LogP contribution < -0.4 is 37.9 Å². The number of hydrogen-bond donors (Lipinski definition) is 4. The number of hydroxylamine groups is 1. The SMILES string of the molecule is CCOC(=O)c1cc(=O)n(C2CC2)c2c(C)c(N3CC[C@@H]([C@H](C)N)C3)c(F)cc12.Cc1c(N2CC[C@@H]([C@H](C)N)C2)c(F)cc2c(C(=O)NO)cc(=O)n(C3CC3)c12. The molecular weight excluding hydrogens is 737 g/mol. The first-order chi connectivity index (χ1) is 27.2. The molecule has 0 spiro atoms. The highest BCUT2D eigenvalue weighted by molar-refractivity contribution is 6.07. The van der Waals surface area contributed by atoms with E-state index in [1.165, 1.54) is 24.3 Å². The topological polar surface area (TPSA) is 178 Å². The first-order valence-corrected chi connectivity index (χ1v) is 20.1. The number of carbonyl (C=O) groups is 2. The molecule has 13 nitrogen and oxygen atoms in total. The third kappa shape index (κ3) is 7.52.